The van der Waals surface area contributed by atoms with Crippen LogP contribution in [0, 0.1) is 5.41 Å². The molecule has 0 saturated carbocycles. The van der Waals surface area contributed by atoms with E-state index in [9.17, 15) is 14.4 Å². The zero-order chi connectivity index (χ0) is 21.4. The number of likely N-dealkylation sites (tertiary alicyclic amines) is 1. The molecule has 0 aromatic rings. The number of nitrogens with one attached hydrogen (secondary N) is 1. The molecule has 27 heavy (non-hydrogen) atoms. The lowest BCUT2D eigenvalue weighted by molar-refractivity contribution is -0.143. The monoisotopic (exact) mass is 398 g/mol. The molecule has 1 N–H and O–H groups in total. The van der Waals surface area contributed by atoms with Gasteiger partial charge in [0.2, 0.25) is 17.7 Å². The lowest BCUT2D eigenvalue weighted by Crippen LogP contribution is -2.47. The van der Waals surface area contributed by atoms with Crippen LogP contribution in [-0.4, -0.2) is 43.7 Å². The van der Waals surface area contributed by atoms with E-state index in [1.165, 1.54) is 4.90 Å². The minimum atomic E-state index is -0.488. The number of amides is 3. The fourth-order valence-corrected chi connectivity index (χ4v) is 4.50. The van der Waals surface area contributed by atoms with Gasteiger partial charge in [-0.1, -0.05) is 27.7 Å². The molecule has 5 nitrogen and oxygen atoms in total. The molecule has 0 aliphatic carbocycles. The highest BCUT2D eigenvalue weighted by atomic mass is 32.2. The Morgan fingerprint density at radius 3 is 1.93 bits per heavy atom. The van der Waals surface area contributed by atoms with Gasteiger partial charge in [0, 0.05) is 27.7 Å². The second-order valence-corrected chi connectivity index (χ2v) is 12.8. The van der Waals surface area contributed by atoms with Crippen molar-refractivity contribution in [1.82, 2.24) is 10.2 Å². The second kappa shape index (κ2) is 7.76. The molecular formula is C21H38N2O3S. The van der Waals surface area contributed by atoms with E-state index in [1.807, 2.05) is 55.4 Å². The third-order valence-corrected chi connectivity index (χ3v) is 6.19. The molecule has 1 aliphatic rings. The zero-order valence-electron chi connectivity index (χ0n) is 18.8. The SMILES string of the molecule is CC(C)(C)NC(=O)C(C)(C)CCC(C)(C)SC1CC(=O)N(C(C)(C)C)C1=O. The lowest BCUT2D eigenvalue weighted by atomic mass is 9.83. The molecule has 1 unspecified atom stereocenters. The second-order valence-electron chi connectivity index (χ2n) is 10.9. The quantitative estimate of drug-likeness (QED) is 0.683. The molecule has 1 rings (SSSR count). The summed E-state index contributed by atoms with van der Waals surface area (Å²) < 4.78 is -0.201. The molecule has 156 valence electrons. The molecule has 0 bridgehead atoms. The third kappa shape index (κ3) is 6.81. The van der Waals surface area contributed by atoms with Crippen LogP contribution in [0.1, 0.15) is 88.5 Å². The highest BCUT2D eigenvalue weighted by molar-refractivity contribution is 8.02. The van der Waals surface area contributed by atoms with Crippen molar-refractivity contribution in [3.05, 3.63) is 0 Å². The van der Waals surface area contributed by atoms with Crippen molar-refractivity contribution in [3.8, 4) is 0 Å². The summed E-state index contributed by atoms with van der Waals surface area (Å²) in [5.41, 5.74) is -1.23. The van der Waals surface area contributed by atoms with E-state index in [0.717, 1.165) is 6.42 Å². The van der Waals surface area contributed by atoms with Gasteiger partial charge in [-0.05, 0) is 54.4 Å². The Hall–Kier alpha value is -1.04. The van der Waals surface area contributed by atoms with Gasteiger partial charge in [0.25, 0.3) is 0 Å². The molecule has 1 fully saturated rings. The lowest BCUT2D eigenvalue weighted by Gasteiger charge is -2.34. The van der Waals surface area contributed by atoms with Crippen molar-refractivity contribution in [2.24, 2.45) is 5.41 Å². The van der Waals surface area contributed by atoms with Crippen molar-refractivity contribution in [2.45, 2.75) is 110 Å². The van der Waals surface area contributed by atoms with Crippen molar-refractivity contribution in [3.63, 3.8) is 0 Å². The average molecular weight is 399 g/mol. The number of rotatable bonds is 6. The molecule has 0 aromatic heterocycles. The zero-order valence-corrected chi connectivity index (χ0v) is 19.6. The van der Waals surface area contributed by atoms with Crippen LogP contribution in [0.25, 0.3) is 0 Å². The summed E-state index contributed by atoms with van der Waals surface area (Å²) in [5.74, 6) is -0.136. The molecule has 1 atom stereocenters. The summed E-state index contributed by atoms with van der Waals surface area (Å²) in [6, 6.07) is 0. The molecular weight excluding hydrogens is 360 g/mol. The summed E-state index contributed by atoms with van der Waals surface area (Å²) in [6.07, 6.45) is 1.76. The summed E-state index contributed by atoms with van der Waals surface area (Å²) >= 11 is 1.56. The van der Waals surface area contributed by atoms with Crippen molar-refractivity contribution in [2.75, 3.05) is 0 Å². The van der Waals surface area contributed by atoms with E-state index in [1.54, 1.807) is 11.8 Å². The summed E-state index contributed by atoms with van der Waals surface area (Å²) in [4.78, 5) is 39.0. The van der Waals surface area contributed by atoms with Gasteiger partial charge in [0.05, 0.1) is 5.25 Å². The molecule has 1 aliphatic heterocycles. The van der Waals surface area contributed by atoms with Crippen LogP contribution < -0.4 is 5.32 Å². The number of thioether (sulfide) groups is 1. The maximum atomic E-state index is 12.7. The first-order valence-electron chi connectivity index (χ1n) is 9.73. The van der Waals surface area contributed by atoms with Crippen LogP contribution in [0.5, 0.6) is 0 Å². The molecule has 1 heterocycles. The number of carbonyl (C=O) groups excluding carboxylic acids is 3. The van der Waals surface area contributed by atoms with Gasteiger partial charge in [-0.25, -0.2) is 0 Å². The molecule has 3 amide bonds. The first kappa shape index (κ1) is 24.0. The minimum absolute atomic E-state index is 0.0434. The number of hydrogen-bond acceptors (Lipinski definition) is 4. The number of imide groups is 1. The van der Waals surface area contributed by atoms with Gasteiger partial charge in [-0.2, -0.15) is 0 Å². The number of carbonyl (C=O) groups is 3. The van der Waals surface area contributed by atoms with Crippen molar-refractivity contribution in [1.29, 1.82) is 0 Å². The molecule has 1 saturated heterocycles. The Labute approximate surface area is 169 Å². The maximum absolute atomic E-state index is 12.7. The van der Waals surface area contributed by atoms with Crippen LogP contribution in [0.2, 0.25) is 0 Å². The van der Waals surface area contributed by atoms with Gasteiger partial charge < -0.3 is 5.32 Å². The Bertz CT molecular complexity index is 598. The van der Waals surface area contributed by atoms with Gasteiger partial charge >= 0.3 is 0 Å². The van der Waals surface area contributed by atoms with Crippen molar-refractivity contribution < 1.29 is 14.4 Å². The summed E-state index contributed by atoms with van der Waals surface area (Å²) in [7, 11) is 0. The maximum Gasteiger partial charge on any atom is 0.243 e. The van der Waals surface area contributed by atoms with E-state index >= 15 is 0 Å². The molecule has 6 heteroatoms. The predicted octanol–water partition coefficient (Wildman–Crippen LogP) is 4.15. The largest absolute Gasteiger partial charge is 0.351 e. The van der Waals surface area contributed by atoms with Crippen LogP contribution in [-0.2, 0) is 14.4 Å². The highest BCUT2D eigenvalue weighted by Crippen LogP contribution is 2.41. The molecule has 0 aromatic carbocycles. The standard InChI is InChI=1S/C21H38N2O3S/c1-18(2,3)22-17(26)20(7,8)11-12-21(9,10)27-14-13-15(24)23(16(14)25)19(4,5)6/h14H,11-13H2,1-10H3,(H,22,26). The van der Waals surface area contributed by atoms with E-state index < -0.39 is 11.0 Å². The van der Waals surface area contributed by atoms with Crippen LogP contribution in [0.15, 0.2) is 0 Å². The smallest absolute Gasteiger partial charge is 0.243 e. The van der Waals surface area contributed by atoms with E-state index in [0.29, 0.717) is 6.42 Å². The average Bonchev–Trinajstić information content (AvgIpc) is 2.68. The van der Waals surface area contributed by atoms with Crippen LogP contribution in [0.3, 0.4) is 0 Å². The first-order chi connectivity index (χ1) is 11.9. The highest BCUT2D eigenvalue weighted by Gasteiger charge is 2.46. The normalized spacial score (nSPS) is 19.6. The van der Waals surface area contributed by atoms with E-state index in [-0.39, 0.29) is 39.7 Å². The Balaban J connectivity index is 2.73. The Morgan fingerprint density at radius 1 is 1.00 bits per heavy atom. The van der Waals surface area contributed by atoms with Crippen LogP contribution in [0.4, 0.5) is 0 Å². The first-order valence-corrected chi connectivity index (χ1v) is 10.6. The van der Waals surface area contributed by atoms with E-state index in [2.05, 4.69) is 19.2 Å². The minimum Gasteiger partial charge on any atom is -0.351 e. The molecule has 0 radical (unpaired) electrons. The van der Waals surface area contributed by atoms with Gasteiger partial charge in [0.15, 0.2) is 0 Å². The number of hydrogen-bond donors (Lipinski definition) is 1. The summed E-state index contributed by atoms with van der Waals surface area (Å²) in [6.45, 7) is 19.7. The van der Waals surface area contributed by atoms with Gasteiger partial charge in [0.1, 0.15) is 0 Å². The number of nitrogens with zero attached hydrogens (tertiary/aromatic N) is 1. The Morgan fingerprint density at radius 2 is 1.52 bits per heavy atom. The van der Waals surface area contributed by atoms with Gasteiger partial charge in [-0.15, -0.1) is 11.8 Å². The van der Waals surface area contributed by atoms with Crippen molar-refractivity contribution >= 4 is 29.5 Å². The summed E-state index contributed by atoms with van der Waals surface area (Å²) in [5, 5.41) is 2.72. The fourth-order valence-electron chi connectivity index (χ4n) is 3.08. The topological polar surface area (TPSA) is 66.5 Å². The fraction of sp³-hybridized carbons (Fsp3) is 0.857. The van der Waals surface area contributed by atoms with Gasteiger partial charge in [-0.3, -0.25) is 19.3 Å². The third-order valence-electron chi connectivity index (χ3n) is 4.69. The van der Waals surface area contributed by atoms with E-state index in [4.69, 9.17) is 0 Å². The Kier molecular flexibility index (Phi) is 6.90. The molecule has 0 spiro atoms. The van der Waals surface area contributed by atoms with Crippen LogP contribution >= 0.6 is 11.8 Å². The predicted molar refractivity (Wildman–Crippen MR) is 113 cm³/mol.